The summed E-state index contributed by atoms with van der Waals surface area (Å²) in [6.45, 7) is 1.46. The van der Waals surface area contributed by atoms with E-state index in [-0.39, 0.29) is 22.8 Å². The molecule has 0 aliphatic carbocycles. The lowest BCUT2D eigenvalue weighted by molar-refractivity contribution is -0.137. The molecule has 0 saturated carbocycles. The molecule has 1 atom stereocenters. The number of rotatable bonds is 6. The highest BCUT2D eigenvalue weighted by Gasteiger charge is 2.37. The van der Waals surface area contributed by atoms with Crippen LogP contribution in [0.3, 0.4) is 0 Å². The molecule has 2 heterocycles. The van der Waals surface area contributed by atoms with Gasteiger partial charge in [0, 0.05) is 25.6 Å². The predicted molar refractivity (Wildman–Crippen MR) is 121 cm³/mol. The molecule has 1 amide bonds. The van der Waals surface area contributed by atoms with Crippen molar-refractivity contribution in [1.29, 1.82) is 0 Å². The summed E-state index contributed by atoms with van der Waals surface area (Å²) in [6.07, 6.45) is 3.01. The fourth-order valence-corrected chi connectivity index (χ4v) is 6.15. The number of carbonyl (C=O) groups is 1. The van der Waals surface area contributed by atoms with Crippen molar-refractivity contribution >= 4 is 15.9 Å². The number of carbonyl (C=O) groups excluding carboxylic acids is 1. The van der Waals surface area contributed by atoms with Crippen molar-refractivity contribution < 1.29 is 22.7 Å². The zero-order chi connectivity index (χ0) is 22.7. The third-order valence-corrected chi connectivity index (χ3v) is 8.45. The Morgan fingerprint density at radius 2 is 1.41 bits per heavy atom. The van der Waals surface area contributed by atoms with Gasteiger partial charge in [0.05, 0.1) is 25.2 Å². The van der Waals surface area contributed by atoms with E-state index >= 15 is 0 Å². The Hall–Kier alpha value is -2.58. The van der Waals surface area contributed by atoms with Crippen molar-refractivity contribution in [2.24, 2.45) is 5.92 Å². The van der Waals surface area contributed by atoms with Gasteiger partial charge in [-0.2, -0.15) is 4.31 Å². The van der Waals surface area contributed by atoms with Gasteiger partial charge in [0.25, 0.3) is 0 Å². The molecule has 2 aromatic rings. The van der Waals surface area contributed by atoms with Crippen LogP contribution < -0.4 is 9.47 Å². The van der Waals surface area contributed by atoms with Crippen LogP contribution in [0.2, 0.25) is 0 Å². The Morgan fingerprint density at radius 3 is 1.97 bits per heavy atom. The van der Waals surface area contributed by atoms with Gasteiger partial charge in [0.1, 0.15) is 11.5 Å². The largest absolute Gasteiger partial charge is 0.497 e. The summed E-state index contributed by atoms with van der Waals surface area (Å²) in [5, 5.41) is 0. The number of sulfonamides is 1. The van der Waals surface area contributed by atoms with Crippen molar-refractivity contribution in [3.05, 3.63) is 54.1 Å². The molecule has 2 aliphatic heterocycles. The molecule has 8 heteroatoms. The minimum atomic E-state index is -3.57. The van der Waals surface area contributed by atoms with Crippen molar-refractivity contribution in [1.82, 2.24) is 9.21 Å². The molecule has 0 bridgehead atoms. The second-order valence-corrected chi connectivity index (χ2v) is 10.3. The summed E-state index contributed by atoms with van der Waals surface area (Å²) in [7, 11) is -0.388. The number of likely N-dealkylation sites (tertiary alicyclic amines) is 1. The second-order valence-electron chi connectivity index (χ2n) is 8.32. The normalized spacial score (nSPS) is 20.3. The van der Waals surface area contributed by atoms with E-state index in [1.807, 2.05) is 29.2 Å². The van der Waals surface area contributed by atoms with Crippen molar-refractivity contribution in [2.75, 3.05) is 33.9 Å². The van der Waals surface area contributed by atoms with Gasteiger partial charge < -0.3 is 14.4 Å². The lowest BCUT2D eigenvalue weighted by Crippen LogP contribution is -2.44. The summed E-state index contributed by atoms with van der Waals surface area (Å²) in [5.74, 6) is 1.42. The highest BCUT2D eigenvalue weighted by Crippen LogP contribution is 2.36. The average Bonchev–Trinajstić information content (AvgIpc) is 3.33. The van der Waals surface area contributed by atoms with Crippen LogP contribution in [0.1, 0.15) is 37.3 Å². The zero-order valence-electron chi connectivity index (χ0n) is 18.6. The third kappa shape index (κ3) is 4.47. The molecule has 0 aromatic heterocycles. The molecule has 0 unspecified atom stereocenters. The minimum Gasteiger partial charge on any atom is -0.497 e. The van der Waals surface area contributed by atoms with Crippen molar-refractivity contribution in [3.8, 4) is 11.5 Å². The third-order valence-electron chi connectivity index (χ3n) is 6.54. The Labute approximate surface area is 190 Å². The molecular weight excluding hydrogens is 428 g/mol. The van der Waals surface area contributed by atoms with Gasteiger partial charge in [-0.15, -0.1) is 0 Å². The number of piperidine rings is 1. The van der Waals surface area contributed by atoms with E-state index in [2.05, 4.69) is 0 Å². The number of hydrogen-bond donors (Lipinski definition) is 0. The van der Waals surface area contributed by atoms with E-state index < -0.39 is 10.0 Å². The van der Waals surface area contributed by atoms with Crippen LogP contribution in [0.4, 0.5) is 0 Å². The number of amides is 1. The standard InChI is InChI=1S/C24H30N2O5S/c1-30-20-7-5-18(6-8-20)23-4-3-15-26(23)24(27)19-13-16-25(17-14-19)32(28,29)22-11-9-21(31-2)10-12-22/h5-12,19,23H,3-4,13-17H2,1-2H3/t23-/m0/s1. The molecule has 4 rings (SSSR count). The van der Waals surface area contributed by atoms with Crippen LogP contribution in [0.5, 0.6) is 11.5 Å². The molecular formula is C24H30N2O5S. The fraction of sp³-hybridized carbons (Fsp3) is 0.458. The fourth-order valence-electron chi connectivity index (χ4n) is 4.68. The smallest absolute Gasteiger partial charge is 0.243 e. The minimum absolute atomic E-state index is 0.0782. The van der Waals surface area contributed by atoms with Crippen LogP contribution in [-0.2, 0) is 14.8 Å². The summed E-state index contributed by atoms with van der Waals surface area (Å²) in [5.41, 5.74) is 1.12. The molecule has 2 saturated heterocycles. The lowest BCUT2D eigenvalue weighted by Gasteiger charge is -2.34. The summed E-state index contributed by atoms with van der Waals surface area (Å²) in [4.78, 5) is 15.6. The molecule has 2 aliphatic rings. The number of benzene rings is 2. The van der Waals surface area contributed by atoms with Gasteiger partial charge in [-0.3, -0.25) is 4.79 Å². The first-order chi connectivity index (χ1) is 15.4. The number of methoxy groups -OCH3 is 2. The lowest BCUT2D eigenvalue weighted by atomic mass is 9.95. The van der Waals surface area contributed by atoms with E-state index in [4.69, 9.17) is 9.47 Å². The highest BCUT2D eigenvalue weighted by molar-refractivity contribution is 7.89. The monoisotopic (exact) mass is 458 g/mol. The molecule has 0 N–H and O–H groups in total. The molecule has 7 nitrogen and oxygen atoms in total. The van der Waals surface area contributed by atoms with E-state index in [0.29, 0.717) is 31.7 Å². The Balaban J connectivity index is 1.40. The van der Waals surface area contributed by atoms with Crippen LogP contribution in [0.15, 0.2) is 53.4 Å². The van der Waals surface area contributed by atoms with Crippen LogP contribution in [-0.4, -0.2) is 57.4 Å². The van der Waals surface area contributed by atoms with Crippen LogP contribution >= 0.6 is 0 Å². The van der Waals surface area contributed by atoms with Crippen molar-refractivity contribution in [3.63, 3.8) is 0 Å². The average molecular weight is 459 g/mol. The van der Waals surface area contributed by atoms with Crippen LogP contribution in [0.25, 0.3) is 0 Å². The summed E-state index contributed by atoms with van der Waals surface area (Å²) < 4.78 is 37.8. The molecule has 0 spiro atoms. The number of nitrogens with zero attached hydrogens (tertiary/aromatic N) is 2. The maximum atomic E-state index is 13.3. The number of ether oxygens (including phenoxy) is 2. The summed E-state index contributed by atoms with van der Waals surface area (Å²) in [6, 6.07) is 14.4. The molecule has 2 fully saturated rings. The van der Waals surface area contributed by atoms with Gasteiger partial charge in [0.2, 0.25) is 15.9 Å². The van der Waals surface area contributed by atoms with Gasteiger partial charge in [-0.25, -0.2) is 8.42 Å². The van der Waals surface area contributed by atoms with Crippen molar-refractivity contribution in [2.45, 2.75) is 36.6 Å². The van der Waals surface area contributed by atoms with E-state index in [9.17, 15) is 13.2 Å². The molecule has 32 heavy (non-hydrogen) atoms. The van der Waals surface area contributed by atoms with Gasteiger partial charge in [0.15, 0.2) is 0 Å². The maximum Gasteiger partial charge on any atom is 0.243 e. The second kappa shape index (κ2) is 9.50. The van der Waals surface area contributed by atoms with Gasteiger partial charge in [-0.1, -0.05) is 12.1 Å². The zero-order valence-corrected chi connectivity index (χ0v) is 19.4. The Bertz CT molecular complexity index is 1030. The molecule has 2 aromatic carbocycles. The van der Waals surface area contributed by atoms with Gasteiger partial charge in [-0.05, 0) is 67.6 Å². The number of hydrogen-bond acceptors (Lipinski definition) is 5. The first kappa shape index (κ1) is 22.6. The van der Waals surface area contributed by atoms with Gasteiger partial charge >= 0.3 is 0 Å². The maximum absolute atomic E-state index is 13.3. The van der Waals surface area contributed by atoms with E-state index in [0.717, 1.165) is 30.7 Å². The first-order valence-electron chi connectivity index (χ1n) is 11.0. The SMILES string of the molecule is COc1ccc([C@@H]2CCCN2C(=O)C2CCN(S(=O)(=O)c3ccc(OC)cc3)CC2)cc1. The Kier molecular flexibility index (Phi) is 6.71. The van der Waals surface area contributed by atoms with E-state index in [1.54, 1.807) is 38.5 Å². The Morgan fingerprint density at radius 1 is 0.844 bits per heavy atom. The molecule has 172 valence electrons. The highest BCUT2D eigenvalue weighted by atomic mass is 32.2. The van der Waals surface area contributed by atoms with E-state index in [1.165, 1.54) is 4.31 Å². The predicted octanol–water partition coefficient (Wildman–Crippen LogP) is 3.47. The first-order valence-corrected chi connectivity index (χ1v) is 12.5. The topological polar surface area (TPSA) is 76.2 Å². The molecule has 0 radical (unpaired) electrons. The van der Waals surface area contributed by atoms with Crippen LogP contribution in [0, 0.1) is 5.92 Å². The summed E-state index contributed by atoms with van der Waals surface area (Å²) >= 11 is 0. The quantitative estimate of drug-likeness (QED) is 0.663.